The SMILES string of the molecule is O=C(COc1cc(S(=O)(=O)[O-])c2ccc3c(S(=O)(=O)[O-])cc(S(=O)(=O)[O-])c4ccc1c2c43)N/N=C\c1ccc(O)cc1.[Na+].[Na+].[Na+]. The molecule has 45 heavy (non-hydrogen) atoms. The Morgan fingerprint density at radius 1 is 0.711 bits per heavy atom. The Morgan fingerprint density at radius 3 is 1.60 bits per heavy atom. The maximum Gasteiger partial charge on any atom is 1.00 e. The number of benzene rings is 5. The van der Waals surface area contributed by atoms with E-state index in [1.165, 1.54) is 36.5 Å². The van der Waals surface area contributed by atoms with E-state index in [-0.39, 0.29) is 132 Å². The van der Waals surface area contributed by atoms with Crippen LogP contribution in [0.5, 0.6) is 11.5 Å². The van der Waals surface area contributed by atoms with Gasteiger partial charge >= 0.3 is 88.7 Å². The molecule has 218 valence electrons. The average Bonchev–Trinajstić information content (AvgIpc) is 2.89. The molecule has 2 N–H and O–H groups in total. The summed E-state index contributed by atoms with van der Waals surface area (Å²) in [6.07, 6.45) is 1.26. The first-order valence-electron chi connectivity index (χ1n) is 11.5. The molecule has 5 aromatic carbocycles. The third-order valence-corrected chi connectivity index (χ3v) is 8.84. The second-order valence-electron chi connectivity index (χ2n) is 8.85. The number of hydrogen-bond donors (Lipinski definition) is 2. The van der Waals surface area contributed by atoms with E-state index in [0.717, 1.165) is 24.3 Å². The van der Waals surface area contributed by atoms with E-state index < -0.39 is 57.6 Å². The summed E-state index contributed by atoms with van der Waals surface area (Å²) >= 11 is 0. The minimum absolute atomic E-state index is 0. The fraction of sp³-hybridized carbons (Fsp3) is 0.0400. The molecular formula is C25H15N2Na3O12S3. The van der Waals surface area contributed by atoms with Crippen LogP contribution in [0.25, 0.3) is 32.3 Å². The molecule has 0 unspecified atom stereocenters. The van der Waals surface area contributed by atoms with Gasteiger partial charge in [0.05, 0.1) is 20.9 Å². The van der Waals surface area contributed by atoms with Crippen molar-refractivity contribution in [3.8, 4) is 11.5 Å². The number of phenolic OH excluding ortho intramolecular Hbond substituents is 1. The Morgan fingerprint density at radius 2 is 1.13 bits per heavy atom. The third-order valence-electron chi connectivity index (χ3n) is 6.21. The first-order valence-corrected chi connectivity index (χ1v) is 15.7. The van der Waals surface area contributed by atoms with Gasteiger partial charge in [-0.25, -0.2) is 30.7 Å². The summed E-state index contributed by atoms with van der Waals surface area (Å²) in [6, 6.07) is 11.5. The number of nitrogens with one attached hydrogen (secondary N) is 1. The molecule has 0 aromatic heterocycles. The predicted molar refractivity (Wildman–Crippen MR) is 143 cm³/mol. The molecule has 0 saturated heterocycles. The van der Waals surface area contributed by atoms with Crippen LogP contribution >= 0.6 is 0 Å². The van der Waals surface area contributed by atoms with Gasteiger partial charge in [0.25, 0.3) is 5.91 Å². The number of aromatic hydroxyl groups is 1. The zero-order valence-corrected chi connectivity index (χ0v) is 32.1. The van der Waals surface area contributed by atoms with Crippen LogP contribution < -0.4 is 98.8 Å². The molecule has 0 bridgehead atoms. The summed E-state index contributed by atoms with van der Waals surface area (Å²) in [5, 5.41) is 11.6. The van der Waals surface area contributed by atoms with E-state index in [0.29, 0.717) is 11.6 Å². The summed E-state index contributed by atoms with van der Waals surface area (Å²) in [4.78, 5) is 9.39. The zero-order valence-electron chi connectivity index (χ0n) is 23.7. The maximum absolute atomic E-state index is 12.3. The van der Waals surface area contributed by atoms with E-state index in [9.17, 15) is 48.8 Å². The Hall–Kier alpha value is -1.39. The molecule has 0 saturated carbocycles. The van der Waals surface area contributed by atoms with E-state index in [4.69, 9.17) is 4.74 Å². The Kier molecular flexibility index (Phi) is 13.1. The van der Waals surface area contributed by atoms with Gasteiger partial charge in [-0.2, -0.15) is 5.10 Å². The molecule has 1 amide bonds. The fourth-order valence-corrected chi connectivity index (χ4v) is 6.69. The van der Waals surface area contributed by atoms with Gasteiger partial charge in [-0.15, -0.1) is 0 Å². The molecule has 0 aliphatic heterocycles. The second kappa shape index (κ2) is 14.8. The first kappa shape index (κ1) is 39.8. The molecule has 0 heterocycles. The molecule has 0 aliphatic rings. The van der Waals surface area contributed by atoms with Crippen molar-refractivity contribution in [2.45, 2.75) is 14.7 Å². The minimum Gasteiger partial charge on any atom is -0.744 e. The van der Waals surface area contributed by atoms with E-state index in [2.05, 4.69) is 10.5 Å². The molecular weight excluding hydrogens is 685 g/mol. The number of ether oxygens (including phenoxy) is 1. The maximum atomic E-state index is 12.3. The summed E-state index contributed by atoms with van der Waals surface area (Å²) in [7, 11) is -16.0. The number of carbonyl (C=O) groups excluding carboxylic acids is 1. The van der Waals surface area contributed by atoms with Crippen LogP contribution in [0, 0.1) is 0 Å². The third kappa shape index (κ3) is 8.37. The van der Waals surface area contributed by atoms with Crippen LogP contribution in [0.2, 0.25) is 0 Å². The largest absolute Gasteiger partial charge is 1.00 e. The molecule has 0 radical (unpaired) electrons. The fourth-order valence-electron chi connectivity index (χ4n) is 4.52. The molecule has 14 nitrogen and oxygen atoms in total. The van der Waals surface area contributed by atoms with E-state index in [1.807, 2.05) is 0 Å². The number of phenols is 1. The predicted octanol–water partition coefficient (Wildman–Crippen LogP) is -7.46. The second-order valence-corrected chi connectivity index (χ2v) is 12.9. The van der Waals surface area contributed by atoms with Gasteiger partial charge in [-0.3, -0.25) is 4.79 Å². The van der Waals surface area contributed by atoms with E-state index in [1.54, 1.807) is 0 Å². The van der Waals surface area contributed by atoms with Gasteiger partial charge in [0.15, 0.2) is 6.61 Å². The number of rotatable bonds is 8. The number of carbonyl (C=O) groups is 1. The van der Waals surface area contributed by atoms with Gasteiger partial charge < -0.3 is 23.5 Å². The van der Waals surface area contributed by atoms with Crippen molar-refractivity contribution in [2.75, 3.05) is 6.61 Å². The molecule has 5 aromatic rings. The van der Waals surface area contributed by atoms with Crippen LogP contribution in [-0.4, -0.2) is 62.7 Å². The summed E-state index contributed by atoms with van der Waals surface area (Å²) in [5.41, 5.74) is 2.70. The molecule has 0 fully saturated rings. The number of hydrazone groups is 1. The van der Waals surface area contributed by atoms with Crippen molar-refractivity contribution in [1.29, 1.82) is 0 Å². The smallest absolute Gasteiger partial charge is 0.744 e. The van der Waals surface area contributed by atoms with Crippen LogP contribution in [0.15, 0.2) is 80.5 Å². The van der Waals surface area contributed by atoms with Crippen LogP contribution in [0.3, 0.4) is 0 Å². The topological polar surface area (TPSA) is 243 Å². The number of amides is 1. The van der Waals surface area contributed by atoms with Gasteiger partial charge in [0.1, 0.15) is 41.9 Å². The molecule has 0 aliphatic carbocycles. The van der Waals surface area contributed by atoms with Gasteiger partial charge in [-0.05, 0) is 48.0 Å². The van der Waals surface area contributed by atoms with E-state index >= 15 is 0 Å². The summed E-state index contributed by atoms with van der Waals surface area (Å²) in [5.74, 6) is -1.14. The van der Waals surface area contributed by atoms with Crippen molar-refractivity contribution in [3.63, 3.8) is 0 Å². The van der Waals surface area contributed by atoms with Crippen molar-refractivity contribution in [2.24, 2.45) is 5.10 Å². The Bertz CT molecular complexity index is 2230. The van der Waals surface area contributed by atoms with Crippen LogP contribution in [0.4, 0.5) is 0 Å². The van der Waals surface area contributed by atoms with Gasteiger partial charge in [-0.1, -0.05) is 18.2 Å². The monoisotopic (exact) mass is 700 g/mol. The molecule has 5 rings (SSSR count). The zero-order chi connectivity index (χ0) is 30.6. The minimum atomic E-state index is -5.35. The van der Waals surface area contributed by atoms with Crippen molar-refractivity contribution >= 4 is 74.8 Å². The average molecular weight is 701 g/mol. The molecule has 0 spiro atoms. The number of hydrogen-bond acceptors (Lipinski definition) is 13. The first-order chi connectivity index (χ1) is 19.6. The summed E-state index contributed by atoms with van der Waals surface area (Å²) < 4.78 is 114. The van der Waals surface area contributed by atoms with Gasteiger partial charge in [0, 0.05) is 32.3 Å². The molecule has 20 heteroatoms. The number of nitrogens with zero attached hydrogens (tertiary/aromatic N) is 1. The Labute approximate surface area is 322 Å². The molecule has 0 atom stereocenters. The van der Waals surface area contributed by atoms with Crippen LogP contribution in [-0.2, 0) is 35.1 Å². The van der Waals surface area contributed by atoms with Gasteiger partial charge in [0.2, 0.25) is 0 Å². The Balaban J connectivity index is 0.00000235. The van der Waals surface area contributed by atoms with Crippen molar-refractivity contribution < 1.29 is 142 Å². The van der Waals surface area contributed by atoms with Crippen LogP contribution in [0.1, 0.15) is 5.56 Å². The standard InChI is InChI=1S/C25H18N2O12S3.3Na/c28-14-3-1-13(2-4-14)11-26-27-23(29)12-39-19-9-20(40(30,31)32)16-7-8-18-22(42(36,37)38)10-21(41(33,34)35)17-6-5-15(19)24(16)25(17)18;;;/h1-11,28H,12H2,(H,27,29)(H,30,31,32)(H,33,34,35)(H,36,37,38);;;/q;3*+1/p-3/b26-11-;;;. The quantitative estimate of drug-likeness (QED) is 0.0504. The summed E-state index contributed by atoms with van der Waals surface area (Å²) in [6.45, 7) is -0.754. The van der Waals surface area contributed by atoms with Crippen molar-refractivity contribution in [1.82, 2.24) is 5.43 Å². The van der Waals surface area contributed by atoms with Crippen molar-refractivity contribution in [3.05, 3.63) is 66.2 Å². The normalized spacial score (nSPS) is 12.1.